The van der Waals surface area contributed by atoms with E-state index in [2.05, 4.69) is 10.6 Å². The fraction of sp³-hybridized carbons (Fsp3) is 0.250. The van der Waals surface area contributed by atoms with Gasteiger partial charge in [-0.15, -0.1) is 0 Å². The number of aromatic hydroxyl groups is 1. The Morgan fingerprint density at radius 3 is 1.95 bits per heavy atom. The number of hydrogen-bond acceptors (Lipinski definition) is 5. The molecule has 0 aliphatic rings. The first-order valence-electron chi connectivity index (χ1n) is 12.0. The van der Waals surface area contributed by atoms with E-state index in [-0.39, 0.29) is 18.7 Å². The fourth-order valence-corrected chi connectivity index (χ4v) is 4.00. The summed E-state index contributed by atoms with van der Waals surface area (Å²) in [5, 5.41) is 24.2. The van der Waals surface area contributed by atoms with Crippen molar-refractivity contribution in [2.45, 2.75) is 31.5 Å². The molecule has 6 N–H and O–H groups in total. The number of carbonyl (C=O) groups is 3. The van der Waals surface area contributed by atoms with Crippen LogP contribution in [0, 0.1) is 0 Å². The van der Waals surface area contributed by atoms with Gasteiger partial charge in [-0.3, -0.25) is 9.59 Å². The van der Waals surface area contributed by atoms with Gasteiger partial charge in [0.15, 0.2) is 0 Å². The summed E-state index contributed by atoms with van der Waals surface area (Å²) in [6.07, 6.45) is 0.695. The van der Waals surface area contributed by atoms with E-state index >= 15 is 0 Å². The lowest BCUT2D eigenvalue weighted by Gasteiger charge is -2.33. The average molecular weight is 505 g/mol. The summed E-state index contributed by atoms with van der Waals surface area (Å²) in [5.74, 6) is -1.69. The van der Waals surface area contributed by atoms with E-state index in [1.807, 2.05) is 60.7 Å². The quantitative estimate of drug-likeness (QED) is 0.256. The molecule has 0 bridgehead atoms. The first kappa shape index (κ1) is 27.2. The Hall–Kier alpha value is -4.37. The molecule has 1 atom stereocenters. The first-order valence-corrected chi connectivity index (χ1v) is 12.0. The van der Waals surface area contributed by atoms with Crippen LogP contribution in [-0.2, 0) is 16.1 Å². The minimum absolute atomic E-state index is 0.0537. The first-order chi connectivity index (χ1) is 17.9. The molecule has 0 saturated carbocycles. The third kappa shape index (κ3) is 8.08. The molecule has 0 aromatic heterocycles. The maximum atomic E-state index is 13.9. The number of phenolic OH excluding ortho intramolecular Hbond substituents is 1. The van der Waals surface area contributed by atoms with Gasteiger partial charge in [-0.2, -0.15) is 0 Å². The Balaban J connectivity index is 1.97. The lowest BCUT2D eigenvalue weighted by molar-refractivity contribution is -0.138. The molecular weight excluding hydrogens is 472 g/mol. The maximum absolute atomic E-state index is 13.9. The van der Waals surface area contributed by atoms with Crippen LogP contribution in [0.25, 0.3) is 0 Å². The number of nitrogens with one attached hydrogen (secondary N) is 2. The van der Waals surface area contributed by atoms with Crippen molar-refractivity contribution in [1.29, 1.82) is 0 Å². The van der Waals surface area contributed by atoms with E-state index in [1.165, 1.54) is 17.0 Å². The van der Waals surface area contributed by atoms with Crippen molar-refractivity contribution in [2.24, 2.45) is 5.73 Å². The van der Waals surface area contributed by atoms with Crippen molar-refractivity contribution in [2.75, 3.05) is 13.1 Å². The summed E-state index contributed by atoms with van der Waals surface area (Å²) < 4.78 is 0. The molecule has 0 radical (unpaired) electrons. The molecule has 194 valence electrons. The second-order valence-corrected chi connectivity index (χ2v) is 8.56. The number of carboxylic acid groups (broad SMARTS) is 1. The monoisotopic (exact) mass is 504 g/mol. The Morgan fingerprint density at radius 1 is 0.865 bits per heavy atom. The van der Waals surface area contributed by atoms with Crippen LogP contribution in [0.2, 0.25) is 0 Å². The van der Waals surface area contributed by atoms with Crippen molar-refractivity contribution in [1.82, 2.24) is 15.5 Å². The molecule has 9 nitrogen and oxygen atoms in total. The van der Waals surface area contributed by atoms with Crippen molar-refractivity contribution in [3.05, 3.63) is 102 Å². The van der Waals surface area contributed by atoms with Crippen molar-refractivity contribution in [3.8, 4) is 5.75 Å². The van der Waals surface area contributed by atoms with Crippen LogP contribution in [0.5, 0.6) is 5.75 Å². The predicted molar refractivity (Wildman–Crippen MR) is 140 cm³/mol. The Kier molecular flexibility index (Phi) is 10.0. The van der Waals surface area contributed by atoms with Crippen LogP contribution in [0.15, 0.2) is 84.9 Å². The minimum Gasteiger partial charge on any atom is -0.508 e. The second kappa shape index (κ2) is 13.6. The fourth-order valence-electron chi connectivity index (χ4n) is 4.00. The number of carbonyl (C=O) groups excluding carboxylic acids is 2. The molecule has 3 aromatic carbocycles. The SMILES string of the molecule is NCCC[C@H](C(=O)NCC(=O)O)N(Cc1ccc(O)cc1)C(=O)NC(c1ccccc1)c1ccccc1. The van der Waals surface area contributed by atoms with Gasteiger partial charge in [-0.1, -0.05) is 72.8 Å². The zero-order chi connectivity index (χ0) is 26.6. The lowest BCUT2D eigenvalue weighted by atomic mass is 9.99. The van der Waals surface area contributed by atoms with Gasteiger partial charge < -0.3 is 31.5 Å². The topological polar surface area (TPSA) is 145 Å². The van der Waals surface area contributed by atoms with Gasteiger partial charge in [-0.25, -0.2) is 4.79 Å². The Bertz CT molecular complexity index is 1120. The Morgan fingerprint density at radius 2 is 1.43 bits per heavy atom. The summed E-state index contributed by atoms with van der Waals surface area (Å²) in [6, 6.07) is 23.3. The average Bonchev–Trinajstić information content (AvgIpc) is 2.92. The normalized spacial score (nSPS) is 11.5. The second-order valence-electron chi connectivity index (χ2n) is 8.56. The highest BCUT2D eigenvalue weighted by Gasteiger charge is 2.31. The molecule has 3 aromatic rings. The number of carboxylic acids is 1. The van der Waals surface area contributed by atoms with Gasteiger partial charge in [0.1, 0.15) is 18.3 Å². The zero-order valence-corrected chi connectivity index (χ0v) is 20.4. The summed E-state index contributed by atoms with van der Waals surface area (Å²) in [6.45, 7) is -0.213. The molecule has 0 saturated heterocycles. The highest BCUT2D eigenvalue weighted by atomic mass is 16.4. The highest BCUT2D eigenvalue weighted by molar-refractivity contribution is 5.89. The molecule has 9 heteroatoms. The van der Waals surface area contributed by atoms with Crippen LogP contribution in [0.1, 0.15) is 35.6 Å². The molecule has 0 aliphatic carbocycles. The van der Waals surface area contributed by atoms with E-state index in [0.29, 0.717) is 18.5 Å². The number of amides is 3. The van der Waals surface area contributed by atoms with E-state index in [0.717, 1.165) is 11.1 Å². The third-order valence-electron chi connectivity index (χ3n) is 5.86. The summed E-state index contributed by atoms with van der Waals surface area (Å²) in [7, 11) is 0. The third-order valence-corrected chi connectivity index (χ3v) is 5.86. The van der Waals surface area contributed by atoms with Gasteiger partial charge in [0.2, 0.25) is 5.91 Å². The molecule has 3 amide bonds. The molecule has 0 spiro atoms. The van der Waals surface area contributed by atoms with Gasteiger partial charge in [0.25, 0.3) is 0 Å². The van der Waals surface area contributed by atoms with Gasteiger partial charge in [0.05, 0.1) is 6.04 Å². The van der Waals surface area contributed by atoms with Crippen LogP contribution in [0.4, 0.5) is 4.79 Å². The van der Waals surface area contributed by atoms with E-state index < -0.39 is 36.5 Å². The van der Waals surface area contributed by atoms with Crippen LogP contribution < -0.4 is 16.4 Å². The van der Waals surface area contributed by atoms with E-state index in [4.69, 9.17) is 10.8 Å². The summed E-state index contributed by atoms with van der Waals surface area (Å²) >= 11 is 0. The molecule has 0 unspecified atom stereocenters. The number of phenols is 1. The van der Waals surface area contributed by atoms with Crippen molar-refractivity contribution >= 4 is 17.9 Å². The number of hydrogen-bond donors (Lipinski definition) is 5. The number of nitrogens with zero attached hydrogens (tertiary/aromatic N) is 1. The van der Waals surface area contributed by atoms with Crippen molar-refractivity contribution < 1.29 is 24.6 Å². The number of benzene rings is 3. The Labute approximate surface area is 215 Å². The molecule has 0 aliphatic heterocycles. The lowest BCUT2D eigenvalue weighted by Crippen LogP contribution is -2.53. The summed E-state index contributed by atoms with van der Waals surface area (Å²) in [5.41, 5.74) is 8.12. The number of nitrogens with two attached hydrogens (primary N) is 1. The molecular formula is C28H32N4O5. The highest BCUT2D eigenvalue weighted by Crippen LogP contribution is 2.24. The zero-order valence-electron chi connectivity index (χ0n) is 20.4. The van der Waals surface area contributed by atoms with Gasteiger partial charge in [-0.05, 0) is 48.2 Å². The van der Waals surface area contributed by atoms with Gasteiger partial charge in [0, 0.05) is 6.54 Å². The number of aliphatic carboxylic acids is 1. The molecule has 3 rings (SSSR count). The summed E-state index contributed by atoms with van der Waals surface area (Å²) in [4.78, 5) is 39.4. The van der Waals surface area contributed by atoms with Crippen LogP contribution in [-0.4, -0.2) is 52.2 Å². The molecule has 0 heterocycles. The van der Waals surface area contributed by atoms with E-state index in [1.54, 1.807) is 12.1 Å². The molecule has 37 heavy (non-hydrogen) atoms. The maximum Gasteiger partial charge on any atom is 0.322 e. The molecule has 0 fully saturated rings. The minimum atomic E-state index is -1.19. The largest absolute Gasteiger partial charge is 0.508 e. The van der Waals surface area contributed by atoms with Crippen molar-refractivity contribution in [3.63, 3.8) is 0 Å². The van der Waals surface area contributed by atoms with Crippen LogP contribution >= 0.6 is 0 Å². The standard InChI is InChI=1S/C28H32N4O5/c29-17-7-12-24(27(36)30-18-25(34)35)32(19-20-13-15-23(33)16-14-20)28(37)31-26(21-8-3-1-4-9-21)22-10-5-2-6-11-22/h1-6,8-11,13-16,24,26,33H,7,12,17-19,29H2,(H,30,36)(H,31,37)(H,34,35)/t24-/m1/s1. The van der Waals surface area contributed by atoms with Crippen LogP contribution in [0.3, 0.4) is 0 Å². The van der Waals surface area contributed by atoms with E-state index in [9.17, 15) is 19.5 Å². The number of rotatable bonds is 12. The van der Waals surface area contributed by atoms with Gasteiger partial charge >= 0.3 is 12.0 Å². The smallest absolute Gasteiger partial charge is 0.322 e. The predicted octanol–water partition coefficient (Wildman–Crippen LogP) is 3.00. The number of urea groups is 1.